The fourth-order valence-corrected chi connectivity index (χ4v) is 0.850. The number of H-pyrrole nitrogens is 1. The largest absolute Gasteiger partial charge is 0.302 e. The number of nitrogens with zero attached hydrogens (tertiary/aromatic N) is 1. The molecule has 0 fully saturated rings. The molecule has 2 heterocycles. The first-order chi connectivity index (χ1) is 3.97. The van der Waals surface area contributed by atoms with E-state index in [9.17, 15) is 0 Å². The number of fused-ring (bicyclic) bond motifs is 1. The molecule has 0 unspecified atom stereocenters. The summed E-state index contributed by atoms with van der Waals surface area (Å²) >= 11 is 0. The molecule has 0 radical (unpaired) electrons. The molecule has 0 aromatic carbocycles. The van der Waals surface area contributed by atoms with E-state index in [2.05, 4.69) is 11.2 Å². The first-order valence-corrected chi connectivity index (χ1v) is 2.57. The average Bonchev–Trinajstić information content (AvgIpc) is 2.15. The number of hydrogen-bond acceptors (Lipinski definition) is 0. The number of aromatic nitrogens is 2. The van der Waals surface area contributed by atoms with Gasteiger partial charge in [-0.25, -0.2) is 0 Å². The van der Waals surface area contributed by atoms with Crippen molar-refractivity contribution in [3.63, 3.8) is 0 Å². The molecule has 0 saturated carbocycles. The molecular weight excluding hydrogens is 100 g/mol. The molecule has 0 aliphatic carbocycles. The van der Waals surface area contributed by atoms with Gasteiger partial charge in [-0.05, 0) is 18.2 Å². The Balaban J connectivity index is 3.06. The van der Waals surface area contributed by atoms with Gasteiger partial charge in [0.2, 0.25) is 0 Å². The van der Waals surface area contributed by atoms with Crippen molar-refractivity contribution in [2.24, 2.45) is 0 Å². The molecule has 40 valence electrons. The van der Waals surface area contributed by atoms with Crippen LogP contribution in [0.5, 0.6) is 0 Å². The lowest BCUT2D eigenvalue weighted by Gasteiger charge is -1.76. The lowest BCUT2D eigenvalue weighted by atomic mass is 10.5. The number of aromatic amines is 1. The van der Waals surface area contributed by atoms with Crippen molar-refractivity contribution in [2.75, 3.05) is 0 Å². The quantitative estimate of drug-likeness (QED) is 0.522. The number of nitrogens with one attached hydrogen (secondary N) is 1. The van der Waals surface area contributed by atoms with Crippen LogP contribution in [0.3, 0.4) is 0 Å². The summed E-state index contributed by atoms with van der Waals surface area (Å²) in [4.78, 5) is 0. The van der Waals surface area contributed by atoms with Gasteiger partial charge in [0.1, 0.15) is 0 Å². The van der Waals surface area contributed by atoms with E-state index in [4.69, 9.17) is 0 Å². The molecule has 0 atom stereocenters. The molecule has 2 nitrogen and oxygen atoms in total. The van der Waals surface area contributed by atoms with Gasteiger partial charge in [0, 0.05) is 12.4 Å². The second kappa shape index (κ2) is 1.15. The Morgan fingerprint density at radius 2 is 2.38 bits per heavy atom. The predicted octanol–water partition coefficient (Wildman–Crippen LogP) is 1.27. The SMILES string of the molecule is c1cc2cc[nH]n2c1. The first-order valence-electron chi connectivity index (χ1n) is 2.57. The Morgan fingerprint density at radius 3 is 3.25 bits per heavy atom. The van der Waals surface area contributed by atoms with Gasteiger partial charge in [0.05, 0.1) is 5.52 Å². The van der Waals surface area contributed by atoms with E-state index in [1.165, 1.54) is 5.52 Å². The third-order valence-corrected chi connectivity index (χ3v) is 1.25. The molecule has 1 N–H and O–H groups in total. The van der Waals surface area contributed by atoms with Crippen LogP contribution in [0.15, 0.2) is 30.6 Å². The summed E-state index contributed by atoms with van der Waals surface area (Å²) in [6, 6.07) is 6.09. The Morgan fingerprint density at radius 1 is 1.38 bits per heavy atom. The van der Waals surface area contributed by atoms with Crippen LogP contribution in [0.1, 0.15) is 0 Å². The number of hydrogen-bond donors (Lipinski definition) is 1. The maximum absolute atomic E-state index is 3.02. The Hall–Kier alpha value is -1.18. The van der Waals surface area contributed by atoms with E-state index in [0.717, 1.165) is 0 Å². The molecule has 8 heavy (non-hydrogen) atoms. The summed E-state index contributed by atoms with van der Waals surface area (Å²) in [6.07, 6.45) is 3.89. The monoisotopic (exact) mass is 106 g/mol. The van der Waals surface area contributed by atoms with Crippen LogP contribution < -0.4 is 0 Å². The molecule has 0 bridgehead atoms. The van der Waals surface area contributed by atoms with Crippen molar-refractivity contribution in [1.82, 2.24) is 9.61 Å². The van der Waals surface area contributed by atoms with Crippen LogP contribution in [0, 0.1) is 0 Å². The summed E-state index contributed by atoms with van der Waals surface area (Å²) in [5.41, 5.74) is 1.21. The Bertz CT molecular complexity index is 228. The molecule has 0 saturated heterocycles. The van der Waals surface area contributed by atoms with Gasteiger partial charge < -0.3 is 5.10 Å². The summed E-state index contributed by atoms with van der Waals surface area (Å²) in [7, 11) is 0. The van der Waals surface area contributed by atoms with Crippen LogP contribution in [-0.4, -0.2) is 9.61 Å². The topological polar surface area (TPSA) is 20.2 Å². The zero-order valence-corrected chi connectivity index (χ0v) is 4.33. The van der Waals surface area contributed by atoms with Crippen molar-refractivity contribution in [3.8, 4) is 0 Å². The molecule has 2 aromatic heterocycles. The van der Waals surface area contributed by atoms with Crippen LogP contribution in [-0.2, 0) is 0 Å². The minimum absolute atomic E-state index is 1.21. The summed E-state index contributed by atoms with van der Waals surface area (Å²) < 4.78 is 1.96. The first kappa shape index (κ1) is 3.78. The average molecular weight is 106 g/mol. The fourth-order valence-electron chi connectivity index (χ4n) is 0.850. The molecule has 0 spiro atoms. The van der Waals surface area contributed by atoms with Crippen molar-refractivity contribution in [1.29, 1.82) is 0 Å². The molecular formula is C6H6N2. The second-order valence-corrected chi connectivity index (χ2v) is 1.77. The van der Waals surface area contributed by atoms with Gasteiger partial charge >= 0.3 is 0 Å². The third kappa shape index (κ3) is 0.320. The van der Waals surface area contributed by atoms with Crippen molar-refractivity contribution in [3.05, 3.63) is 30.6 Å². The highest BCUT2D eigenvalue weighted by atomic mass is 15.2. The molecule has 2 aromatic rings. The van der Waals surface area contributed by atoms with Crippen LogP contribution in [0.25, 0.3) is 5.52 Å². The summed E-state index contributed by atoms with van der Waals surface area (Å²) in [5, 5.41) is 3.02. The molecule has 2 heteroatoms. The summed E-state index contributed by atoms with van der Waals surface area (Å²) in [5.74, 6) is 0. The summed E-state index contributed by atoms with van der Waals surface area (Å²) in [6.45, 7) is 0. The van der Waals surface area contributed by atoms with E-state index in [1.807, 2.05) is 29.0 Å². The second-order valence-electron chi connectivity index (χ2n) is 1.77. The molecule has 0 aliphatic heterocycles. The lowest BCUT2D eigenvalue weighted by Crippen LogP contribution is -1.74. The number of rotatable bonds is 0. The normalized spacial score (nSPS) is 10.5. The Kier molecular flexibility index (Phi) is 0.545. The Labute approximate surface area is 46.7 Å². The van der Waals surface area contributed by atoms with Gasteiger partial charge in [-0.3, -0.25) is 4.52 Å². The minimum atomic E-state index is 1.21. The maximum atomic E-state index is 3.02. The van der Waals surface area contributed by atoms with E-state index < -0.39 is 0 Å². The molecule has 0 amide bonds. The molecule has 2 rings (SSSR count). The fraction of sp³-hybridized carbons (Fsp3) is 0. The highest BCUT2D eigenvalue weighted by Gasteiger charge is 1.85. The van der Waals surface area contributed by atoms with Gasteiger partial charge in [-0.1, -0.05) is 0 Å². The van der Waals surface area contributed by atoms with Crippen LogP contribution in [0.4, 0.5) is 0 Å². The zero-order valence-electron chi connectivity index (χ0n) is 4.33. The van der Waals surface area contributed by atoms with Crippen molar-refractivity contribution >= 4 is 5.52 Å². The lowest BCUT2D eigenvalue weighted by molar-refractivity contribution is 0.976. The smallest absolute Gasteiger partial charge is 0.0638 e. The van der Waals surface area contributed by atoms with Crippen LogP contribution >= 0.6 is 0 Å². The van der Waals surface area contributed by atoms with Crippen molar-refractivity contribution in [2.45, 2.75) is 0 Å². The van der Waals surface area contributed by atoms with Gasteiger partial charge in [-0.2, -0.15) is 0 Å². The highest BCUT2D eigenvalue weighted by Crippen LogP contribution is 1.99. The minimum Gasteiger partial charge on any atom is -0.302 e. The van der Waals surface area contributed by atoms with E-state index in [1.54, 1.807) is 0 Å². The maximum Gasteiger partial charge on any atom is 0.0638 e. The van der Waals surface area contributed by atoms with Crippen LogP contribution in [0.2, 0.25) is 0 Å². The van der Waals surface area contributed by atoms with Gasteiger partial charge in [-0.15, -0.1) is 0 Å². The standard InChI is InChI=1S/C6H6N2/c1-2-6-3-4-7-8(6)5-1/h1-5,7H. The molecule has 0 aliphatic rings. The zero-order chi connectivity index (χ0) is 5.40. The van der Waals surface area contributed by atoms with E-state index >= 15 is 0 Å². The van der Waals surface area contributed by atoms with E-state index in [-0.39, 0.29) is 0 Å². The van der Waals surface area contributed by atoms with Gasteiger partial charge in [0.25, 0.3) is 0 Å². The van der Waals surface area contributed by atoms with E-state index in [0.29, 0.717) is 0 Å². The highest BCUT2D eigenvalue weighted by molar-refractivity contribution is 5.45. The van der Waals surface area contributed by atoms with Crippen molar-refractivity contribution < 1.29 is 0 Å². The predicted molar refractivity (Wildman–Crippen MR) is 31.7 cm³/mol. The third-order valence-electron chi connectivity index (χ3n) is 1.25. The van der Waals surface area contributed by atoms with Gasteiger partial charge in [0.15, 0.2) is 0 Å².